The highest BCUT2D eigenvalue weighted by Crippen LogP contribution is 2.28. The van der Waals surface area contributed by atoms with Crippen molar-refractivity contribution in [3.63, 3.8) is 0 Å². The first-order chi connectivity index (χ1) is 11.5. The molecule has 0 spiro atoms. The summed E-state index contributed by atoms with van der Waals surface area (Å²) in [7, 11) is 0. The van der Waals surface area contributed by atoms with Crippen LogP contribution in [-0.4, -0.2) is 61.9 Å². The van der Waals surface area contributed by atoms with E-state index in [4.69, 9.17) is 18.9 Å². The molecule has 0 aromatic rings. The predicted octanol–water partition coefficient (Wildman–Crippen LogP) is 1.11. The van der Waals surface area contributed by atoms with Crippen molar-refractivity contribution in [2.24, 2.45) is 0 Å². The van der Waals surface area contributed by atoms with Gasteiger partial charge in [0.1, 0.15) is 25.4 Å². The average Bonchev–Trinajstić information content (AvgIpc) is 2.43. The standard InChI is InChI=1S/C14H19F3O8/c1-7(18)21-5-11-13(24-9(3)20)10(23-8(2)19)4-12(25-11)22-6-14(15,16)17/h10-13H,4-6H2,1-3H3/t10-,11-,12+,13+/m1/s1. The molecule has 1 fully saturated rings. The third kappa shape index (κ3) is 8.16. The monoisotopic (exact) mass is 372 g/mol. The summed E-state index contributed by atoms with van der Waals surface area (Å²) < 4.78 is 61.7. The molecule has 0 aromatic heterocycles. The summed E-state index contributed by atoms with van der Waals surface area (Å²) in [6.45, 7) is 1.30. The molecule has 0 amide bonds. The van der Waals surface area contributed by atoms with E-state index < -0.39 is 61.9 Å². The Labute approximate surface area is 141 Å². The zero-order chi connectivity index (χ0) is 19.2. The van der Waals surface area contributed by atoms with E-state index in [1.54, 1.807) is 0 Å². The maximum absolute atomic E-state index is 12.3. The van der Waals surface area contributed by atoms with Crippen LogP contribution in [0.3, 0.4) is 0 Å². The van der Waals surface area contributed by atoms with Crippen LogP contribution in [-0.2, 0) is 38.1 Å². The number of alkyl halides is 3. The first kappa shape index (κ1) is 21.2. The van der Waals surface area contributed by atoms with Crippen LogP contribution in [0.2, 0.25) is 0 Å². The minimum absolute atomic E-state index is 0.288. The summed E-state index contributed by atoms with van der Waals surface area (Å²) in [5, 5.41) is 0. The first-order valence-corrected chi connectivity index (χ1v) is 7.29. The number of halogens is 3. The summed E-state index contributed by atoms with van der Waals surface area (Å²) in [6, 6.07) is 0. The molecule has 1 aliphatic heterocycles. The zero-order valence-electron chi connectivity index (χ0n) is 13.8. The normalized spacial score (nSPS) is 26.6. The van der Waals surface area contributed by atoms with E-state index in [-0.39, 0.29) is 6.42 Å². The van der Waals surface area contributed by atoms with E-state index in [2.05, 4.69) is 4.74 Å². The van der Waals surface area contributed by atoms with Gasteiger partial charge in [-0.3, -0.25) is 14.4 Å². The van der Waals surface area contributed by atoms with Crippen molar-refractivity contribution in [1.29, 1.82) is 0 Å². The Bertz CT molecular complexity index is 493. The topological polar surface area (TPSA) is 97.4 Å². The van der Waals surface area contributed by atoms with Crippen molar-refractivity contribution in [3.05, 3.63) is 0 Å². The molecule has 11 heteroatoms. The highest BCUT2D eigenvalue weighted by Gasteiger charge is 2.45. The summed E-state index contributed by atoms with van der Waals surface area (Å²) >= 11 is 0. The third-order valence-electron chi connectivity index (χ3n) is 2.99. The quantitative estimate of drug-likeness (QED) is 0.505. The molecule has 0 bridgehead atoms. The van der Waals surface area contributed by atoms with Gasteiger partial charge in [-0.25, -0.2) is 0 Å². The number of carbonyl (C=O) groups is 3. The number of rotatable bonds is 6. The van der Waals surface area contributed by atoms with Crippen LogP contribution in [0.1, 0.15) is 27.2 Å². The number of carbonyl (C=O) groups excluding carboxylic acids is 3. The van der Waals surface area contributed by atoms with Gasteiger partial charge in [-0.2, -0.15) is 13.2 Å². The lowest BCUT2D eigenvalue weighted by atomic mass is 10.0. The van der Waals surface area contributed by atoms with Gasteiger partial charge in [-0.15, -0.1) is 0 Å². The van der Waals surface area contributed by atoms with Gasteiger partial charge in [0.05, 0.1) is 0 Å². The maximum atomic E-state index is 12.3. The van der Waals surface area contributed by atoms with Crippen LogP contribution < -0.4 is 0 Å². The number of hydrogen-bond acceptors (Lipinski definition) is 8. The van der Waals surface area contributed by atoms with E-state index in [0.717, 1.165) is 20.8 Å². The van der Waals surface area contributed by atoms with E-state index in [1.165, 1.54) is 0 Å². The fourth-order valence-corrected chi connectivity index (χ4v) is 2.19. The van der Waals surface area contributed by atoms with E-state index in [1.807, 2.05) is 0 Å². The number of ether oxygens (including phenoxy) is 5. The van der Waals surface area contributed by atoms with Gasteiger partial charge in [-0.05, 0) is 0 Å². The van der Waals surface area contributed by atoms with Gasteiger partial charge in [0.2, 0.25) is 0 Å². The van der Waals surface area contributed by atoms with Crippen LogP contribution in [0.4, 0.5) is 13.2 Å². The van der Waals surface area contributed by atoms with E-state index in [0.29, 0.717) is 0 Å². The second kappa shape index (κ2) is 8.99. The molecule has 8 nitrogen and oxygen atoms in total. The Kier molecular flexibility index (Phi) is 7.61. The molecule has 0 aromatic carbocycles. The lowest BCUT2D eigenvalue weighted by Gasteiger charge is -2.39. The van der Waals surface area contributed by atoms with Crippen molar-refractivity contribution >= 4 is 17.9 Å². The van der Waals surface area contributed by atoms with Crippen LogP contribution in [0.25, 0.3) is 0 Å². The first-order valence-electron chi connectivity index (χ1n) is 7.29. The second-order valence-corrected chi connectivity index (χ2v) is 5.29. The summed E-state index contributed by atoms with van der Waals surface area (Å²) in [5.41, 5.74) is 0. The molecule has 0 aliphatic carbocycles. The van der Waals surface area contributed by atoms with Gasteiger partial charge in [0.15, 0.2) is 12.4 Å². The average molecular weight is 372 g/mol. The molecule has 144 valence electrons. The molecule has 0 saturated carbocycles. The molecule has 0 N–H and O–H groups in total. The lowest BCUT2D eigenvalue weighted by Crippen LogP contribution is -2.54. The Morgan fingerprint density at radius 2 is 1.64 bits per heavy atom. The maximum Gasteiger partial charge on any atom is 0.411 e. The van der Waals surface area contributed by atoms with Crippen LogP contribution >= 0.6 is 0 Å². The lowest BCUT2D eigenvalue weighted by molar-refractivity contribution is -0.289. The van der Waals surface area contributed by atoms with E-state index >= 15 is 0 Å². The third-order valence-corrected chi connectivity index (χ3v) is 2.99. The van der Waals surface area contributed by atoms with E-state index in [9.17, 15) is 27.6 Å². The fourth-order valence-electron chi connectivity index (χ4n) is 2.19. The molecule has 1 heterocycles. The second-order valence-electron chi connectivity index (χ2n) is 5.29. The number of esters is 3. The van der Waals surface area contributed by atoms with Gasteiger partial charge in [0.25, 0.3) is 0 Å². The summed E-state index contributed by atoms with van der Waals surface area (Å²) in [5.74, 6) is -2.13. The Morgan fingerprint density at radius 1 is 1.04 bits per heavy atom. The Morgan fingerprint density at radius 3 is 2.12 bits per heavy atom. The molecule has 1 aliphatic rings. The number of hydrogen-bond donors (Lipinski definition) is 0. The smallest absolute Gasteiger partial charge is 0.411 e. The van der Waals surface area contributed by atoms with Crippen LogP contribution in [0.5, 0.6) is 0 Å². The minimum Gasteiger partial charge on any atom is -0.463 e. The van der Waals surface area contributed by atoms with Gasteiger partial charge < -0.3 is 23.7 Å². The highest BCUT2D eigenvalue weighted by molar-refractivity contribution is 5.67. The summed E-state index contributed by atoms with van der Waals surface area (Å²) in [4.78, 5) is 33.5. The van der Waals surface area contributed by atoms with Gasteiger partial charge in [-0.1, -0.05) is 0 Å². The Hall–Kier alpha value is -1.88. The molecule has 0 radical (unpaired) electrons. The largest absolute Gasteiger partial charge is 0.463 e. The Balaban J connectivity index is 2.91. The van der Waals surface area contributed by atoms with Gasteiger partial charge >= 0.3 is 24.1 Å². The molecule has 0 unspecified atom stereocenters. The zero-order valence-corrected chi connectivity index (χ0v) is 13.8. The molecule has 1 saturated heterocycles. The summed E-state index contributed by atoms with van der Waals surface area (Å²) in [6.07, 6.45) is -9.70. The van der Waals surface area contributed by atoms with Crippen molar-refractivity contribution < 1.29 is 51.2 Å². The molecule has 1 rings (SSSR count). The minimum atomic E-state index is -4.58. The van der Waals surface area contributed by atoms with Crippen molar-refractivity contribution in [2.75, 3.05) is 13.2 Å². The van der Waals surface area contributed by atoms with Crippen LogP contribution in [0, 0.1) is 0 Å². The van der Waals surface area contributed by atoms with Crippen molar-refractivity contribution in [3.8, 4) is 0 Å². The molecular formula is C14H19F3O8. The molecule has 25 heavy (non-hydrogen) atoms. The predicted molar refractivity (Wildman–Crippen MR) is 73.0 cm³/mol. The fraction of sp³-hybridized carbons (Fsp3) is 0.786. The molecule has 4 atom stereocenters. The highest BCUT2D eigenvalue weighted by atomic mass is 19.4. The van der Waals surface area contributed by atoms with Crippen LogP contribution in [0.15, 0.2) is 0 Å². The van der Waals surface area contributed by atoms with Gasteiger partial charge in [0, 0.05) is 27.2 Å². The molecular weight excluding hydrogens is 353 g/mol. The SMILES string of the molecule is CC(=O)OC[C@H]1O[C@H](OCC(F)(F)F)C[C@@H](OC(C)=O)[C@@H]1OC(C)=O. The van der Waals surface area contributed by atoms with Crippen molar-refractivity contribution in [2.45, 2.75) is 58.0 Å². The van der Waals surface area contributed by atoms with Crippen molar-refractivity contribution in [1.82, 2.24) is 0 Å².